The number of fused-ring (bicyclic) bond motifs is 3. The molecule has 1 saturated heterocycles. The van der Waals surface area contributed by atoms with Crippen LogP contribution in [0.5, 0.6) is 0 Å². The summed E-state index contributed by atoms with van der Waals surface area (Å²) in [7, 11) is 7.09. The Labute approximate surface area is 284 Å². The van der Waals surface area contributed by atoms with Crippen molar-refractivity contribution in [3.05, 3.63) is 71.4 Å². The second kappa shape index (κ2) is 12.9. The number of carbonyl (C=O) groups excluding carboxylic acids is 3. The van der Waals surface area contributed by atoms with Crippen LogP contribution in [-0.2, 0) is 11.3 Å². The fraction of sp³-hybridized carbons (Fsp3) is 0.400. The molecule has 254 valence electrons. The number of nitrogens with zero attached hydrogens (tertiary/aromatic N) is 8. The Morgan fingerprint density at radius 3 is 2.49 bits per heavy atom. The van der Waals surface area contributed by atoms with Crippen LogP contribution in [0.1, 0.15) is 70.6 Å². The summed E-state index contributed by atoms with van der Waals surface area (Å²) in [4.78, 5) is 48.4. The Morgan fingerprint density at radius 1 is 1.00 bits per heavy atom. The number of likely N-dealkylation sites (tertiary alicyclic amines) is 1. The highest BCUT2D eigenvalue weighted by Gasteiger charge is 2.38. The predicted octanol–water partition coefficient (Wildman–Crippen LogP) is 3.85. The Balaban J connectivity index is 1.15. The number of hydrogen-bond acceptors (Lipinski definition) is 10. The minimum atomic E-state index is -0.386. The van der Waals surface area contributed by atoms with Crippen LogP contribution in [-0.4, -0.2) is 93.8 Å². The lowest BCUT2D eigenvalue weighted by molar-refractivity contribution is -0.117. The quantitative estimate of drug-likeness (QED) is 0.228. The minimum absolute atomic E-state index is 0.00446. The second-order valence-electron chi connectivity index (χ2n) is 13.1. The maximum Gasteiger partial charge on any atom is 0.273 e. The monoisotopic (exact) mass is 663 g/mol. The van der Waals surface area contributed by atoms with Gasteiger partial charge in [-0.25, -0.2) is 4.98 Å². The third kappa shape index (κ3) is 6.07. The Morgan fingerprint density at radius 2 is 1.78 bits per heavy atom. The molecule has 14 heteroatoms. The van der Waals surface area contributed by atoms with E-state index in [4.69, 9.17) is 5.10 Å². The van der Waals surface area contributed by atoms with Gasteiger partial charge in [0.05, 0.1) is 46.7 Å². The molecule has 2 fully saturated rings. The summed E-state index contributed by atoms with van der Waals surface area (Å²) >= 11 is 0. The van der Waals surface area contributed by atoms with Crippen LogP contribution in [0.2, 0.25) is 0 Å². The van der Waals surface area contributed by atoms with Crippen molar-refractivity contribution in [2.75, 3.05) is 56.8 Å². The van der Waals surface area contributed by atoms with E-state index in [2.05, 4.69) is 65.7 Å². The topological polar surface area (TPSA) is 154 Å². The Kier molecular flexibility index (Phi) is 8.49. The van der Waals surface area contributed by atoms with E-state index in [0.29, 0.717) is 23.7 Å². The molecular weight excluding hydrogens is 622 g/mol. The number of carbonyl (C=O) groups is 3. The first kappa shape index (κ1) is 32.2. The van der Waals surface area contributed by atoms with Crippen LogP contribution in [0, 0.1) is 5.92 Å². The van der Waals surface area contributed by atoms with Crippen molar-refractivity contribution in [3.63, 3.8) is 0 Å². The van der Waals surface area contributed by atoms with E-state index >= 15 is 0 Å². The van der Waals surface area contributed by atoms with Gasteiger partial charge in [0.15, 0.2) is 11.5 Å². The van der Waals surface area contributed by atoms with Gasteiger partial charge in [0.2, 0.25) is 5.91 Å². The number of pyridine rings is 1. The zero-order chi connectivity index (χ0) is 34.4. The predicted molar refractivity (Wildman–Crippen MR) is 186 cm³/mol. The van der Waals surface area contributed by atoms with E-state index in [1.807, 2.05) is 30.5 Å². The van der Waals surface area contributed by atoms with Crippen LogP contribution < -0.4 is 20.9 Å². The molecule has 1 saturated carbocycles. The molecule has 1 aromatic carbocycles. The van der Waals surface area contributed by atoms with E-state index in [1.54, 1.807) is 33.3 Å². The molecule has 2 aliphatic heterocycles. The number of aromatic nitrogens is 5. The van der Waals surface area contributed by atoms with Crippen LogP contribution in [0.25, 0.3) is 11.1 Å². The first-order chi connectivity index (χ1) is 23.7. The number of amides is 3. The van der Waals surface area contributed by atoms with Crippen molar-refractivity contribution in [3.8, 4) is 11.1 Å². The van der Waals surface area contributed by atoms with Gasteiger partial charge in [-0.15, -0.1) is 10.2 Å². The lowest BCUT2D eigenvalue weighted by atomic mass is 9.91. The maximum absolute atomic E-state index is 12.8. The van der Waals surface area contributed by atoms with Crippen LogP contribution in [0.3, 0.4) is 0 Å². The van der Waals surface area contributed by atoms with Gasteiger partial charge < -0.3 is 25.8 Å². The third-order valence-corrected chi connectivity index (χ3v) is 9.49. The molecule has 1 unspecified atom stereocenters. The van der Waals surface area contributed by atoms with Gasteiger partial charge in [-0.3, -0.25) is 24.0 Å². The SMILES string of the molecule is CCC1c2c(cnn2C2CN(Cc3cccc(C(=O)N(C)C)n3)C2)-c2cccc(Nc3cc(NC(=O)C4CC4)nnc3C(=O)NC)c2N1C. The summed E-state index contributed by atoms with van der Waals surface area (Å²) in [6, 6.07) is 13.6. The van der Waals surface area contributed by atoms with E-state index in [1.165, 1.54) is 10.6 Å². The molecule has 3 aliphatic rings. The summed E-state index contributed by atoms with van der Waals surface area (Å²) in [5.74, 6) is -0.281. The van der Waals surface area contributed by atoms with Crippen molar-refractivity contribution in [2.45, 2.75) is 44.8 Å². The van der Waals surface area contributed by atoms with Crippen molar-refractivity contribution in [1.82, 2.24) is 40.1 Å². The lowest BCUT2D eigenvalue weighted by Crippen LogP contribution is -2.48. The molecule has 0 radical (unpaired) electrons. The standard InChI is InChI=1S/C35H41N11O3/c1-6-28-32-24(16-37-46(32)22-18-45(19-22)17-21-9-7-12-26(38-21)35(49)43(3)4)23-10-8-11-25(31(23)44(28)5)39-27-15-29(40-33(47)20-13-14-20)41-42-30(27)34(48)36-2/h7-12,15-16,20,22,28H,6,13-14,17-19H2,1-5H3,(H,36,48)(H2,39,40,41,47). The average molecular weight is 664 g/mol. The molecule has 3 N–H and O–H groups in total. The second-order valence-corrected chi connectivity index (χ2v) is 13.1. The number of para-hydroxylation sites is 1. The smallest absolute Gasteiger partial charge is 0.273 e. The minimum Gasteiger partial charge on any atom is -0.364 e. The van der Waals surface area contributed by atoms with Gasteiger partial charge in [0, 0.05) is 70.9 Å². The highest BCUT2D eigenvalue weighted by atomic mass is 16.2. The van der Waals surface area contributed by atoms with Gasteiger partial charge >= 0.3 is 0 Å². The van der Waals surface area contributed by atoms with E-state index in [-0.39, 0.29) is 41.4 Å². The first-order valence-corrected chi connectivity index (χ1v) is 16.7. The van der Waals surface area contributed by atoms with Crippen LogP contribution in [0.4, 0.5) is 22.9 Å². The maximum atomic E-state index is 12.8. The van der Waals surface area contributed by atoms with Gasteiger partial charge in [0.1, 0.15) is 5.69 Å². The number of rotatable bonds is 10. The molecule has 3 amide bonds. The molecule has 1 aliphatic carbocycles. The average Bonchev–Trinajstić information content (AvgIpc) is 3.86. The van der Waals surface area contributed by atoms with Crippen LogP contribution >= 0.6 is 0 Å². The Bertz CT molecular complexity index is 1930. The number of benzene rings is 1. The van der Waals surface area contributed by atoms with E-state index in [9.17, 15) is 14.4 Å². The normalized spacial score (nSPS) is 17.1. The molecule has 0 bridgehead atoms. The zero-order valence-corrected chi connectivity index (χ0v) is 28.4. The summed E-state index contributed by atoms with van der Waals surface area (Å²) in [6.45, 7) is 4.49. The van der Waals surface area contributed by atoms with Gasteiger partial charge in [-0.05, 0) is 37.5 Å². The molecule has 14 nitrogen and oxygen atoms in total. The molecule has 1 atom stereocenters. The number of anilines is 4. The van der Waals surface area contributed by atoms with Gasteiger partial charge in [-0.1, -0.05) is 25.1 Å². The van der Waals surface area contributed by atoms with Crippen molar-refractivity contribution in [1.29, 1.82) is 0 Å². The van der Waals surface area contributed by atoms with Gasteiger partial charge in [0.25, 0.3) is 11.8 Å². The number of nitrogens with one attached hydrogen (secondary N) is 3. The van der Waals surface area contributed by atoms with Crippen molar-refractivity contribution >= 4 is 40.6 Å². The summed E-state index contributed by atoms with van der Waals surface area (Å²) < 4.78 is 2.18. The van der Waals surface area contributed by atoms with Crippen molar-refractivity contribution < 1.29 is 14.4 Å². The van der Waals surface area contributed by atoms with E-state index in [0.717, 1.165) is 60.5 Å². The zero-order valence-electron chi connectivity index (χ0n) is 28.4. The molecule has 4 aromatic rings. The molecular formula is C35H41N11O3. The highest BCUT2D eigenvalue weighted by molar-refractivity contribution is 6.01. The molecule has 0 spiro atoms. The third-order valence-electron chi connectivity index (χ3n) is 9.49. The largest absolute Gasteiger partial charge is 0.364 e. The lowest BCUT2D eigenvalue weighted by Gasteiger charge is -2.43. The van der Waals surface area contributed by atoms with Crippen molar-refractivity contribution in [2.24, 2.45) is 5.92 Å². The van der Waals surface area contributed by atoms with Crippen LogP contribution in [0.15, 0.2) is 48.7 Å². The summed E-state index contributed by atoms with van der Waals surface area (Å²) in [5.41, 5.74) is 6.97. The fourth-order valence-electron chi connectivity index (χ4n) is 6.77. The fourth-order valence-corrected chi connectivity index (χ4v) is 6.77. The summed E-state index contributed by atoms with van der Waals surface area (Å²) in [6.07, 6.45) is 4.55. The molecule has 7 rings (SSSR count). The first-order valence-electron chi connectivity index (χ1n) is 16.7. The molecule has 3 aromatic heterocycles. The molecule has 5 heterocycles. The Hall–Kier alpha value is -5.37. The highest BCUT2D eigenvalue weighted by Crippen LogP contribution is 2.50. The summed E-state index contributed by atoms with van der Waals surface area (Å²) in [5, 5.41) is 22.2. The number of hydrogen-bond donors (Lipinski definition) is 3. The van der Waals surface area contributed by atoms with Gasteiger partial charge in [-0.2, -0.15) is 5.10 Å². The molecule has 49 heavy (non-hydrogen) atoms. The van der Waals surface area contributed by atoms with E-state index < -0.39 is 0 Å².